The smallest absolute Gasteiger partial charge is 0.207 e. The molecule has 0 radical (unpaired) electrons. The van der Waals surface area contributed by atoms with E-state index in [-0.39, 0.29) is 11.6 Å². The largest absolute Gasteiger partial charge is 0.497 e. The van der Waals surface area contributed by atoms with E-state index in [0.717, 1.165) is 5.56 Å². The second-order valence-corrected chi connectivity index (χ2v) is 4.48. The van der Waals surface area contributed by atoms with Gasteiger partial charge in [0.2, 0.25) is 5.95 Å². The average molecular weight is 272 g/mol. The van der Waals surface area contributed by atoms with Crippen molar-refractivity contribution >= 4 is 17.1 Å². The topological polar surface area (TPSA) is 66.0 Å². The normalized spacial score (nSPS) is 10.9. The zero-order valence-corrected chi connectivity index (χ0v) is 11.1. The maximum Gasteiger partial charge on any atom is 0.207 e. The van der Waals surface area contributed by atoms with Crippen LogP contribution in [0.4, 0.5) is 10.3 Å². The molecule has 0 aliphatic rings. The molecule has 0 bridgehead atoms. The summed E-state index contributed by atoms with van der Waals surface area (Å²) in [6.07, 6.45) is 1.69. The summed E-state index contributed by atoms with van der Waals surface area (Å²) < 4.78 is 20.7. The Morgan fingerprint density at radius 2 is 2.10 bits per heavy atom. The monoisotopic (exact) mass is 272 g/mol. The Labute approximate surface area is 114 Å². The zero-order chi connectivity index (χ0) is 14.3. The van der Waals surface area contributed by atoms with Gasteiger partial charge in [0.15, 0.2) is 5.65 Å². The Hall–Kier alpha value is -2.63. The summed E-state index contributed by atoms with van der Waals surface area (Å²) in [5.74, 6) is 0.305. The number of halogens is 1. The van der Waals surface area contributed by atoms with Gasteiger partial charge < -0.3 is 10.5 Å². The molecule has 2 heterocycles. The van der Waals surface area contributed by atoms with Gasteiger partial charge >= 0.3 is 0 Å². The van der Waals surface area contributed by atoms with Gasteiger partial charge in [-0.2, -0.15) is 0 Å². The Morgan fingerprint density at radius 1 is 1.30 bits per heavy atom. The van der Waals surface area contributed by atoms with E-state index < -0.39 is 5.82 Å². The second-order valence-electron chi connectivity index (χ2n) is 4.48. The number of imidazole rings is 1. The molecule has 0 aliphatic heterocycles. The molecule has 20 heavy (non-hydrogen) atoms. The molecule has 6 heteroatoms. The van der Waals surface area contributed by atoms with Crippen LogP contribution in [-0.4, -0.2) is 21.6 Å². The minimum absolute atomic E-state index is 0.185. The quantitative estimate of drug-likeness (QED) is 0.778. The molecule has 0 unspecified atom stereocenters. The number of nitrogens with two attached hydrogens (primary N) is 1. The SMILES string of the molecule is COc1ccc(F)c(-n2c(N)nc3cc(C)cnc32)c1. The van der Waals surface area contributed by atoms with Crippen LogP contribution in [-0.2, 0) is 0 Å². The molecule has 0 atom stereocenters. The van der Waals surface area contributed by atoms with E-state index in [1.807, 2.05) is 13.0 Å². The molecule has 2 N–H and O–H groups in total. The number of hydrogen-bond acceptors (Lipinski definition) is 4. The van der Waals surface area contributed by atoms with Crippen molar-refractivity contribution in [3.05, 3.63) is 41.8 Å². The fourth-order valence-electron chi connectivity index (χ4n) is 2.11. The molecule has 0 aliphatic carbocycles. The highest BCUT2D eigenvalue weighted by molar-refractivity contribution is 5.77. The van der Waals surface area contributed by atoms with E-state index in [1.165, 1.54) is 17.7 Å². The molecule has 1 aromatic carbocycles. The van der Waals surface area contributed by atoms with Crippen molar-refractivity contribution in [3.63, 3.8) is 0 Å². The number of ether oxygens (including phenoxy) is 1. The van der Waals surface area contributed by atoms with Crippen LogP contribution < -0.4 is 10.5 Å². The average Bonchev–Trinajstić information content (AvgIpc) is 2.74. The number of nitrogens with zero attached hydrogens (tertiary/aromatic N) is 3. The molecule has 3 rings (SSSR count). The Kier molecular flexibility index (Phi) is 2.78. The van der Waals surface area contributed by atoms with Crippen molar-refractivity contribution in [1.29, 1.82) is 0 Å². The van der Waals surface area contributed by atoms with Gasteiger partial charge in [0.1, 0.15) is 17.1 Å². The number of rotatable bonds is 2. The Balaban J connectivity index is 2.31. The predicted molar refractivity (Wildman–Crippen MR) is 74.5 cm³/mol. The molecule has 5 nitrogen and oxygen atoms in total. The number of anilines is 1. The van der Waals surface area contributed by atoms with Crippen molar-refractivity contribution in [1.82, 2.24) is 14.5 Å². The molecule has 102 valence electrons. The van der Waals surface area contributed by atoms with Crippen LogP contribution in [0.5, 0.6) is 5.75 Å². The number of pyridine rings is 1. The molecule has 2 aromatic heterocycles. The van der Waals surface area contributed by atoms with Crippen LogP contribution in [0.1, 0.15) is 5.56 Å². The first-order valence-corrected chi connectivity index (χ1v) is 6.04. The summed E-state index contributed by atoms with van der Waals surface area (Å²) in [7, 11) is 1.52. The standard InChI is InChI=1S/C14H13FN4O/c1-8-5-11-13(17-7-8)19(14(16)18-11)12-6-9(20-2)3-4-10(12)15/h3-7H,1-2H3,(H2,16,18). The van der Waals surface area contributed by atoms with E-state index in [0.29, 0.717) is 16.9 Å². The lowest BCUT2D eigenvalue weighted by Gasteiger charge is -2.09. The molecule has 0 saturated heterocycles. The summed E-state index contributed by atoms with van der Waals surface area (Å²) in [5.41, 5.74) is 8.27. The van der Waals surface area contributed by atoms with E-state index in [2.05, 4.69) is 9.97 Å². The maximum absolute atomic E-state index is 14.1. The number of benzene rings is 1. The van der Waals surface area contributed by atoms with Crippen LogP contribution in [0.3, 0.4) is 0 Å². The fourth-order valence-corrected chi connectivity index (χ4v) is 2.11. The lowest BCUT2D eigenvalue weighted by Crippen LogP contribution is -2.04. The predicted octanol–water partition coefficient (Wildman–Crippen LogP) is 2.46. The third-order valence-corrected chi connectivity index (χ3v) is 3.05. The van der Waals surface area contributed by atoms with Gasteiger partial charge in [-0.15, -0.1) is 0 Å². The Bertz CT molecular complexity index is 797. The molecule has 3 aromatic rings. The molecule has 0 saturated carbocycles. The first kappa shape index (κ1) is 12.4. The lowest BCUT2D eigenvalue weighted by atomic mass is 10.2. The van der Waals surface area contributed by atoms with Crippen molar-refractivity contribution in [2.75, 3.05) is 12.8 Å². The summed E-state index contributed by atoms with van der Waals surface area (Å²) in [5, 5.41) is 0. The van der Waals surface area contributed by atoms with Crippen LogP contribution in [0.2, 0.25) is 0 Å². The molecule has 0 fully saturated rings. The van der Waals surface area contributed by atoms with Gasteiger partial charge in [-0.05, 0) is 30.7 Å². The van der Waals surface area contributed by atoms with Gasteiger partial charge in [-0.3, -0.25) is 4.57 Å². The summed E-state index contributed by atoms with van der Waals surface area (Å²) in [6.45, 7) is 1.91. The number of nitrogen functional groups attached to an aromatic ring is 1. The minimum atomic E-state index is -0.417. The first-order valence-electron chi connectivity index (χ1n) is 6.04. The highest BCUT2D eigenvalue weighted by Crippen LogP contribution is 2.26. The van der Waals surface area contributed by atoms with E-state index >= 15 is 0 Å². The van der Waals surface area contributed by atoms with Gasteiger partial charge in [0.25, 0.3) is 0 Å². The zero-order valence-electron chi connectivity index (χ0n) is 11.1. The van der Waals surface area contributed by atoms with E-state index in [1.54, 1.807) is 18.3 Å². The van der Waals surface area contributed by atoms with Crippen LogP contribution >= 0.6 is 0 Å². The molecular formula is C14H13FN4O. The van der Waals surface area contributed by atoms with Crippen LogP contribution in [0, 0.1) is 12.7 Å². The number of aromatic nitrogens is 3. The van der Waals surface area contributed by atoms with Gasteiger partial charge in [0, 0.05) is 12.3 Å². The third-order valence-electron chi connectivity index (χ3n) is 3.05. The number of aryl methyl sites for hydroxylation is 1. The minimum Gasteiger partial charge on any atom is -0.497 e. The number of methoxy groups -OCH3 is 1. The van der Waals surface area contributed by atoms with Crippen molar-refractivity contribution in [3.8, 4) is 11.4 Å². The maximum atomic E-state index is 14.1. The second kappa shape index (κ2) is 4.48. The van der Waals surface area contributed by atoms with E-state index in [9.17, 15) is 4.39 Å². The van der Waals surface area contributed by atoms with Crippen LogP contribution in [0.15, 0.2) is 30.5 Å². The highest BCUT2D eigenvalue weighted by atomic mass is 19.1. The third kappa shape index (κ3) is 1.85. The van der Waals surface area contributed by atoms with E-state index in [4.69, 9.17) is 10.5 Å². The first-order chi connectivity index (χ1) is 9.60. The molecule has 0 spiro atoms. The van der Waals surface area contributed by atoms with Crippen LogP contribution in [0.25, 0.3) is 16.9 Å². The fraction of sp³-hybridized carbons (Fsp3) is 0.143. The van der Waals surface area contributed by atoms with Gasteiger partial charge in [0.05, 0.1) is 12.8 Å². The van der Waals surface area contributed by atoms with Crippen molar-refractivity contribution < 1.29 is 9.13 Å². The molecule has 0 amide bonds. The summed E-state index contributed by atoms with van der Waals surface area (Å²) >= 11 is 0. The number of hydrogen-bond donors (Lipinski definition) is 1. The van der Waals surface area contributed by atoms with Crippen molar-refractivity contribution in [2.24, 2.45) is 0 Å². The van der Waals surface area contributed by atoms with Gasteiger partial charge in [-0.25, -0.2) is 14.4 Å². The number of fused-ring (bicyclic) bond motifs is 1. The summed E-state index contributed by atoms with van der Waals surface area (Å²) in [6, 6.07) is 6.29. The highest BCUT2D eigenvalue weighted by Gasteiger charge is 2.15. The van der Waals surface area contributed by atoms with Gasteiger partial charge in [-0.1, -0.05) is 0 Å². The Morgan fingerprint density at radius 3 is 2.85 bits per heavy atom. The summed E-state index contributed by atoms with van der Waals surface area (Å²) in [4.78, 5) is 8.51. The molecular weight excluding hydrogens is 259 g/mol. The lowest BCUT2D eigenvalue weighted by molar-refractivity contribution is 0.413. The van der Waals surface area contributed by atoms with Crippen molar-refractivity contribution in [2.45, 2.75) is 6.92 Å².